The number of nitrogens with zero attached hydrogens (tertiary/aromatic N) is 1. The Morgan fingerprint density at radius 2 is 1.81 bits per heavy atom. The molecular formula is C13H12BrNO. The minimum Gasteiger partial charge on any atom is -0.381 e. The van der Waals surface area contributed by atoms with Crippen molar-refractivity contribution in [3.8, 4) is 0 Å². The van der Waals surface area contributed by atoms with Gasteiger partial charge in [-0.05, 0) is 34.5 Å². The number of rotatable bonds is 2. The van der Waals surface area contributed by atoms with Gasteiger partial charge in [-0.15, -0.1) is 0 Å². The van der Waals surface area contributed by atoms with Crippen molar-refractivity contribution in [2.45, 2.75) is 12.5 Å². The fourth-order valence-electron chi connectivity index (χ4n) is 1.67. The van der Waals surface area contributed by atoms with Gasteiger partial charge in [0.2, 0.25) is 0 Å². The zero-order chi connectivity index (χ0) is 11.6. The number of hydrogen-bond acceptors (Lipinski definition) is 2. The van der Waals surface area contributed by atoms with E-state index in [1.54, 1.807) is 13.1 Å². The zero-order valence-corrected chi connectivity index (χ0v) is 10.5. The normalized spacial score (nSPS) is 14.4. The molecule has 0 unspecified atom stereocenters. The van der Waals surface area contributed by atoms with Crippen molar-refractivity contribution in [2.75, 3.05) is 0 Å². The van der Waals surface area contributed by atoms with Gasteiger partial charge in [0.15, 0.2) is 0 Å². The Labute approximate surface area is 103 Å². The lowest BCUT2D eigenvalue weighted by Crippen LogP contribution is -2.23. The quantitative estimate of drug-likeness (QED) is 0.856. The Kier molecular flexibility index (Phi) is 3.08. The molecule has 0 aliphatic rings. The number of aromatic nitrogens is 1. The summed E-state index contributed by atoms with van der Waals surface area (Å²) >= 11 is 3.36. The molecule has 0 amide bonds. The predicted octanol–water partition coefficient (Wildman–Crippen LogP) is 3.10. The lowest BCUT2D eigenvalue weighted by atomic mass is 9.89. The summed E-state index contributed by atoms with van der Waals surface area (Å²) in [6, 6.07) is 13.2. The first-order valence-corrected chi connectivity index (χ1v) is 5.80. The molecule has 2 rings (SSSR count). The Morgan fingerprint density at radius 3 is 2.44 bits per heavy atom. The van der Waals surface area contributed by atoms with E-state index in [-0.39, 0.29) is 0 Å². The first kappa shape index (κ1) is 11.3. The van der Waals surface area contributed by atoms with Crippen LogP contribution in [0, 0.1) is 0 Å². The molecular weight excluding hydrogens is 266 g/mol. The van der Waals surface area contributed by atoms with Gasteiger partial charge in [-0.1, -0.05) is 36.4 Å². The van der Waals surface area contributed by atoms with E-state index in [9.17, 15) is 5.11 Å². The summed E-state index contributed by atoms with van der Waals surface area (Å²) in [4.78, 5) is 4.13. The molecule has 16 heavy (non-hydrogen) atoms. The molecule has 0 fully saturated rings. The van der Waals surface area contributed by atoms with E-state index in [2.05, 4.69) is 20.9 Å². The van der Waals surface area contributed by atoms with Gasteiger partial charge in [-0.3, -0.25) is 0 Å². The molecule has 0 bridgehead atoms. The lowest BCUT2D eigenvalue weighted by Gasteiger charge is -2.25. The summed E-state index contributed by atoms with van der Waals surface area (Å²) in [7, 11) is 0. The SMILES string of the molecule is C[C@@](O)(c1ccccc1)c1cccnc1Br. The van der Waals surface area contributed by atoms with E-state index in [4.69, 9.17) is 0 Å². The summed E-state index contributed by atoms with van der Waals surface area (Å²) in [6.45, 7) is 1.77. The van der Waals surface area contributed by atoms with Gasteiger partial charge in [0.25, 0.3) is 0 Å². The maximum absolute atomic E-state index is 10.6. The van der Waals surface area contributed by atoms with Gasteiger partial charge in [0, 0.05) is 11.8 Å². The fraction of sp³-hybridized carbons (Fsp3) is 0.154. The summed E-state index contributed by atoms with van der Waals surface area (Å²) in [6.07, 6.45) is 1.69. The highest BCUT2D eigenvalue weighted by Crippen LogP contribution is 2.32. The highest BCUT2D eigenvalue weighted by molar-refractivity contribution is 9.10. The summed E-state index contributed by atoms with van der Waals surface area (Å²) in [5, 5.41) is 10.6. The molecule has 0 saturated carbocycles. The Bertz CT molecular complexity index is 482. The second kappa shape index (κ2) is 4.36. The number of hydrogen-bond donors (Lipinski definition) is 1. The predicted molar refractivity (Wildman–Crippen MR) is 67.1 cm³/mol. The molecule has 2 nitrogen and oxygen atoms in total. The summed E-state index contributed by atoms with van der Waals surface area (Å²) in [5.41, 5.74) is 0.582. The lowest BCUT2D eigenvalue weighted by molar-refractivity contribution is 0.101. The second-order valence-electron chi connectivity index (χ2n) is 3.78. The number of pyridine rings is 1. The van der Waals surface area contributed by atoms with Crippen LogP contribution < -0.4 is 0 Å². The van der Waals surface area contributed by atoms with E-state index in [1.807, 2.05) is 42.5 Å². The first-order chi connectivity index (χ1) is 7.62. The van der Waals surface area contributed by atoms with E-state index in [0.717, 1.165) is 11.1 Å². The molecule has 1 atom stereocenters. The monoisotopic (exact) mass is 277 g/mol. The maximum atomic E-state index is 10.6. The van der Waals surface area contributed by atoms with Crippen molar-refractivity contribution in [3.63, 3.8) is 0 Å². The molecule has 0 spiro atoms. The van der Waals surface area contributed by atoms with Crippen LogP contribution in [0.5, 0.6) is 0 Å². The molecule has 3 heteroatoms. The third kappa shape index (κ3) is 2.01. The van der Waals surface area contributed by atoms with Crippen molar-refractivity contribution < 1.29 is 5.11 Å². The van der Waals surface area contributed by atoms with E-state index >= 15 is 0 Å². The molecule has 1 heterocycles. The molecule has 1 aromatic heterocycles. The van der Waals surface area contributed by atoms with Crippen molar-refractivity contribution in [1.29, 1.82) is 0 Å². The zero-order valence-electron chi connectivity index (χ0n) is 8.89. The number of benzene rings is 1. The van der Waals surface area contributed by atoms with Gasteiger partial charge in [0.05, 0.1) is 0 Å². The van der Waals surface area contributed by atoms with Gasteiger partial charge in [0.1, 0.15) is 10.2 Å². The average molecular weight is 278 g/mol. The summed E-state index contributed by atoms with van der Waals surface area (Å²) in [5.74, 6) is 0. The van der Waals surface area contributed by atoms with Crippen molar-refractivity contribution in [2.24, 2.45) is 0 Å². The van der Waals surface area contributed by atoms with Crippen molar-refractivity contribution in [1.82, 2.24) is 4.98 Å². The highest BCUT2D eigenvalue weighted by Gasteiger charge is 2.27. The van der Waals surface area contributed by atoms with Crippen LogP contribution in [0.1, 0.15) is 18.1 Å². The van der Waals surface area contributed by atoms with Gasteiger partial charge >= 0.3 is 0 Å². The molecule has 0 saturated heterocycles. The fourth-order valence-corrected chi connectivity index (χ4v) is 2.30. The third-order valence-electron chi connectivity index (χ3n) is 2.62. The van der Waals surface area contributed by atoms with Gasteiger partial charge in [-0.2, -0.15) is 0 Å². The Morgan fingerprint density at radius 1 is 1.12 bits per heavy atom. The second-order valence-corrected chi connectivity index (χ2v) is 4.53. The van der Waals surface area contributed by atoms with Crippen molar-refractivity contribution in [3.05, 3.63) is 64.4 Å². The minimum atomic E-state index is -1.03. The maximum Gasteiger partial charge on any atom is 0.114 e. The molecule has 82 valence electrons. The first-order valence-electron chi connectivity index (χ1n) is 5.01. The van der Waals surface area contributed by atoms with Crippen LogP contribution >= 0.6 is 15.9 Å². The van der Waals surface area contributed by atoms with E-state index < -0.39 is 5.60 Å². The standard InChI is InChI=1S/C13H12BrNO/c1-13(16,10-6-3-2-4-7-10)11-8-5-9-15-12(11)14/h2-9,16H,1H3/t13-/m1/s1. The van der Waals surface area contributed by atoms with Crippen LogP contribution in [-0.4, -0.2) is 10.1 Å². The van der Waals surface area contributed by atoms with Crippen LogP contribution in [0.3, 0.4) is 0 Å². The molecule has 0 aliphatic carbocycles. The molecule has 0 aliphatic heterocycles. The summed E-state index contributed by atoms with van der Waals surface area (Å²) < 4.78 is 0.670. The average Bonchev–Trinajstić information content (AvgIpc) is 2.30. The van der Waals surface area contributed by atoms with E-state index in [1.165, 1.54) is 0 Å². The van der Waals surface area contributed by atoms with Crippen LogP contribution in [0.4, 0.5) is 0 Å². The highest BCUT2D eigenvalue weighted by atomic mass is 79.9. The van der Waals surface area contributed by atoms with Crippen LogP contribution in [-0.2, 0) is 5.60 Å². The number of aliphatic hydroxyl groups is 1. The Balaban J connectivity index is 2.51. The molecule has 2 aromatic rings. The Hall–Kier alpha value is -1.19. The van der Waals surface area contributed by atoms with Crippen molar-refractivity contribution >= 4 is 15.9 Å². The van der Waals surface area contributed by atoms with Crippen LogP contribution in [0.2, 0.25) is 0 Å². The van der Waals surface area contributed by atoms with Crippen LogP contribution in [0.15, 0.2) is 53.3 Å². The molecule has 0 radical (unpaired) electrons. The number of halogens is 1. The van der Waals surface area contributed by atoms with Gasteiger partial charge < -0.3 is 5.11 Å². The minimum absolute atomic E-state index is 0.670. The third-order valence-corrected chi connectivity index (χ3v) is 3.25. The molecule has 1 aromatic carbocycles. The van der Waals surface area contributed by atoms with Gasteiger partial charge in [-0.25, -0.2) is 4.98 Å². The van der Waals surface area contributed by atoms with Crippen LogP contribution in [0.25, 0.3) is 0 Å². The topological polar surface area (TPSA) is 33.1 Å². The van der Waals surface area contributed by atoms with E-state index in [0.29, 0.717) is 4.60 Å². The largest absolute Gasteiger partial charge is 0.381 e. The molecule has 1 N–H and O–H groups in total. The smallest absolute Gasteiger partial charge is 0.114 e.